The SMILES string of the molecule is C=CC(=O)OCCCCCN1COc2ccccc2C1. The fraction of sp³-hybridized carbons (Fsp3) is 0.438. The van der Waals surface area contributed by atoms with Crippen LogP contribution in [0.4, 0.5) is 0 Å². The van der Waals surface area contributed by atoms with Crippen LogP contribution < -0.4 is 4.74 Å². The molecule has 0 amide bonds. The minimum absolute atomic E-state index is 0.342. The molecule has 4 nitrogen and oxygen atoms in total. The van der Waals surface area contributed by atoms with Gasteiger partial charge in [-0.05, 0) is 25.3 Å². The number of nitrogens with zero attached hydrogens (tertiary/aromatic N) is 1. The highest BCUT2D eigenvalue weighted by molar-refractivity contribution is 5.81. The zero-order chi connectivity index (χ0) is 14.2. The average molecular weight is 275 g/mol. The smallest absolute Gasteiger partial charge is 0.330 e. The second kappa shape index (κ2) is 7.70. The van der Waals surface area contributed by atoms with Crippen molar-refractivity contribution in [2.75, 3.05) is 19.9 Å². The molecule has 20 heavy (non-hydrogen) atoms. The predicted molar refractivity (Wildman–Crippen MR) is 77.4 cm³/mol. The van der Waals surface area contributed by atoms with E-state index in [1.54, 1.807) is 0 Å². The molecular formula is C16H21NO3. The molecule has 0 saturated carbocycles. The summed E-state index contributed by atoms with van der Waals surface area (Å²) in [7, 11) is 0. The van der Waals surface area contributed by atoms with Crippen LogP contribution in [-0.4, -0.2) is 30.8 Å². The van der Waals surface area contributed by atoms with Crippen molar-refractivity contribution in [3.63, 3.8) is 0 Å². The number of ether oxygens (including phenoxy) is 2. The summed E-state index contributed by atoms with van der Waals surface area (Å²) < 4.78 is 10.6. The van der Waals surface area contributed by atoms with Gasteiger partial charge in [-0.25, -0.2) is 4.79 Å². The van der Waals surface area contributed by atoms with Gasteiger partial charge in [0.05, 0.1) is 6.61 Å². The van der Waals surface area contributed by atoms with Crippen LogP contribution in [0.2, 0.25) is 0 Å². The van der Waals surface area contributed by atoms with Gasteiger partial charge in [-0.3, -0.25) is 4.90 Å². The lowest BCUT2D eigenvalue weighted by molar-refractivity contribution is -0.137. The Kier molecular flexibility index (Phi) is 5.62. The standard InChI is InChI=1S/C16H21NO3/c1-2-16(18)19-11-7-3-6-10-17-12-14-8-4-5-9-15(14)20-13-17/h2,4-5,8-9H,1,3,6-7,10-13H2. The molecule has 0 aliphatic carbocycles. The fourth-order valence-corrected chi connectivity index (χ4v) is 2.21. The summed E-state index contributed by atoms with van der Waals surface area (Å²) in [6.07, 6.45) is 4.22. The van der Waals surface area contributed by atoms with Crippen molar-refractivity contribution in [1.29, 1.82) is 0 Å². The normalized spacial score (nSPS) is 14.2. The third-order valence-corrected chi connectivity index (χ3v) is 3.30. The zero-order valence-electron chi connectivity index (χ0n) is 11.7. The Morgan fingerprint density at radius 2 is 2.20 bits per heavy atom. The van der Waals surface area contributed by atoms with Crippen LogP contribution in [0, 0.1) is 0 Å². The van der Waals surface area contributed by atoms with Crippen LogP contribution in [0.3, 0.4) is 0 Å². The highest BCUT2D eigenvalue weighted by atomic mass is 16.5. The van der Waals surface area contributed by atoms with Crippen LogP contribution in [0.25, 0.3) is 0 Å². The first-order valence-corrected chi connectivity index (χ1v) is 7.02. The van der Waals surface area contributed by atoms with Crippen molar-refractivity contribution in [1.82, 2.24) is 4.90 Å². The molecule has 0 bridgehead atoms. The molecule has 1 aliphatic rings. The van der Waals surface area contributed by atoms with E-state index < -0.39 is 0 Å². The van der Waals surface area contributed by atoms with E-state index in [2.05, 4.69) is 17.5 Å². The van der Waals surface area contributed by atoms with Crippen molar-refractivity contribution in [3.05, 3.63) is 42.5 Å². The van der Waals surface area contributed by atoms with E-state index >= 15 is 0 Å². The summed E-state index contributed by atoms with van der Waals surface area (Å²) in [4.78, 5) is 13.1. The lowest BCUT2D eigenvalue weighted by Gasteiger charge is -2.28. The third kappa shape index (κ3) is 4.38. The van der Waals surface area contributed by atoms with Crippen LogP contribution >= 0.6 is 0 Å². The van der Waals surface area contributed by atoms with E-state index in [1.807, 2.05) is 18.2 Å². The molecule has 0 aromatic heterocycles. The molecule has 1 heterocycles. The molecule has 0 unspecified atom stereocenters. The van der Waals surface area contributed by atoms with Gasteiger partial charge < -0.3 is 9.47 Å². The van der Waals surface area contributed by atoms with E-state index in [9.17, 15) is 4.79 Å². The summed E-state index contributed by atoms with van der Waals surface area (Å²) in [6.45, 7) is 6.44. The van der Waals surface area contributed by atoms with E-state index in [0.717, 1.165) is 38.1 Å². The van der Waals surface area contributed by atoms with Gasteiger partial charge in [-0.1, -0.05) is 24.8 Å². The maximum absolute atomic E-state index is 10.8. The molecule has 1 aliphatic heterocycles. The van der Waals surface area contributed by atoms with Crippen molar-refractivity contribution < 1.29 is 14.3 Å². The maximum atomic E-state index is 10.8. The average Bonchev–Trinajstić information content (AvgIpc) is 2.50. The lowest BCUT2D eigenvalue weighted by atomic mass is 10.1. The number of hydrogen-bond acceptors (Lipinski definition) is 4. The van der Waals surface area contributed by atoms with Crippen LogP contribution in [0.5, 0.6) is 5.75 Å². The summed E-state index contributed by atoms with van der Waals surface area (Å²) in [5, 5.41) is 0. The van der Waals surface area contributed by atoms with Gasteiger partial charge in [0, 0.05) is 24.7 Å². The number of carbonyl (C=O) groups excluding carboxylic acids is 1. The molecule has 0 radical (unpaired) electrons. The Morgan fingerprint density at radius 1 is 1.35 bits per heavy atom. The Hall–Kier alpha value is -1.81. The lowest BCUT2D eigenvalue weighted by Crippen LogP contribution is -2.32. The van der Waals surface area contributed by atoms with Crippen LogP contribution in [0.15, 0.2) is 36.9 Å². The van der Waals surface area contributed by atoms with Gasteiger partial charge in [0.15, 0.2) is 0 Å². The monoisotopic (exact) mass is 275 g/mol. The first-order valence-electron chi connectivity index (χ1n) is 7.02. The molecule has 2 rings (SSSR count). The van der Waals surface area contributed by atoms with Crippen LogP contribution in [-0.2, 0) is 16.1 Å². The molecular weight excluding hydrogens is 254 g/mol. The Bertz CT molecular complexity index is 459. The number of para-hydroxylation sites is 1. The van der Waals surface area contributed by atoms with Crippen molar-refractivity contribution in [2.45, 2.75) is 25.8 Å². The first kappa shape index (κ1) is 14.6. The van der Waals surface area contributed by atoms with Gasteiger partial charge in [0.25, 0.3) is 0 Å². The second-order valence-electron chi connectivity index (χ2n) is 4.87. The Balaban J connectivity index is 1.59. The summed E-state index contributed by atoms with van der Waals surface area (Å²) >= 11 is 0. The minimum Gasteiger partial charge on any atom is -0.478 e. The third-order valence-electron chi connectivity index (χ3n) is 3.30. The molecule has 1 aromatic carbocycles. The van der Waals surface area contributed by atoms with Crippen molar-refractivity contribution >= 4 is 5.97 Å². The number of fused-ring (bicyclic) bond motifs is 1. The molecule has 0 fully saturated rings. The zero-order valence-corrected chi connectivity index (χ0v) is 11.7. The van der Waals surface area contributed by atoms with E-state index in [1.165, 1.54) is 11.6 Å². The topological polar surface area (TPSA) is 38.8 Å². The van der Waals surface area contributed by atoms with Crippen molar-refractivity contribution in [2.24, 2.45) is 0 Å². The molecule has 0 N–H and O–H groups in total. The van der Waals surface area contributed by atoms with Gasteiger partial charge in [0.1, 0.15) is 12.5 Å². The first-order chi connectivity index (χ1) is 9.79. The molecule has 0 spiro atoms. The number of benzene rings is 1. The summed E-state index contributed by atoms with van der Waals surface area (Å²) in [5.74, 6) is 0.658. The number of esters is 1. The summed E-state index contributed by atoms with van der Waals surface area (Å²) in [6, 6.07) is 8.16. The molecule has 108 valence electrons. The highest BCUT2D eigenvalue weighted by Gasteiger charge is 2.15. The number of unbranched alkanes of at least 4 members (excludes halogenated alkanes) is 2. The quantitative estimate of drug-likeness (QED) is 0.436. The number of rotatable bonds is 7. The maximum Gasteiger partial charge on any atom is 0.330 e. The van der Waals surface area contributed by atoms with E-state index in [-0.39, 0.29) is 5.97 Å². The Morgan fingerprint density at radius 3 is 3.05 bits per heavy atom. The van der Waals surface area contributed by atoms with Gasteiger partial charge in [-0.15, -0.1) is 0 Å². The van der Waals surface area contributed by atoms with E-state index in [4.69, 9.17) is 9.47 Å². The number of carbonyl (C=O) groups is 1. The van der Waals surface area contributed by atoms with Gasteiger partial charge in [-0.2, -0.15) is 0 Å². The number of hydrogen-bond donors (Lipinski definition) is 0. The largest absolute Gasteiger partial charge is 0.478 e. The molecule has 1 aromatic rings. The fourth-order valence-electron chi connectivity index (χ4n) is 2.21. The molecule has 4 heteroatoms. The molecule has 0 saturated heterocycles. The second-order valence-corrected chi connectivity index (χ2v) is 4.87. The predicted octanol–water partition coefficient (Wildman–Crippen LogP) is 2.74. The van der Waals surface area contributed by atoms with Crippen molar-refractivity contribution in [3.8, 4) is 5.75 Å². The Labute approximate surface area is 120 Å². The van der Waals surface area contributed by atoms with Gasteiger partial charge in [0.2, 0.25) is 0 Å². The summed E-state index contributed by atoms with van der Waals surface area (Å²) in [5.41, 5.74) is 1.25. The molecule has 0 atom stereocenters. The van der Waals surface area contributed by atoms with E-state index in [0.29, 0.717) is 13.3 Å². The minimum atomic E-state index is -0.342. The van der Waals surface area contributed by atoms with Crippen LogP contribution in [0.1, 0.15) is 24.8 Å². The highest BCUT2D eigenvalue weighted by Crippen LogP contribution is 2.24. The van der Waals surface area contributed by atoms with Gasteiger partial charge >= 0.3 is 5.97 Å².